The maximum Gasteiger partial charge on any atom is 0.269 e. The third kappa shape index (κ3) is 3.91. The molecule has 8 nitrogen and oxygen atoms in total. The van der Waals surface area contributed by atoms with Gasteiger partial charge >= 0.3 is 0 Å². The van der Waals surface area contributed by atoms with Crippen LogP contribution in [-0.2, 0) is 26.3 Å². The number of hydrogen-bond acceptors (Lipinski definition) is 7. The maximum atomic E-state index is 13.2. The maximum absolute atomic E-state index is 13.2. The molecule has 1 heterocycles. The van der Waals surface area contributed by atoms with Gasteiger partial charge < -0.3 is 4.74 Å². The minimum absolute atomic E-state index is 0.0246. The molecule has 1 atom stereocenters. The number of nitrogens with zero attached hydrogens (tertiary/aromatic N) is 1. The SMILES string of the molecule is O=[N+]([O-])c1cccc(COc2cccc3c2C(S(=O)(=O)c2ccccc2)CS3(=O)=O)c1. The van der Waals surface area contributed by atoms with Crippen LogP contribution in [0.5, 0.6) is 5.75 Å². The fourth-order valence-corrected chi connectivity index (χ4v) is 7.91. The molecule has 0 aliphatic carbocycles. The van der Waals surface area contributed by atoms with Gasteiger partial charge in [0.05, 0.1) is 20.5 Å². The summed E-state index contributed by atoms with van der Waals surface area (Å²) in [6, 6.07) is 17.9. The summed E-state index contributed by atoms with van der Waals surface area (Å²) in [5.41, 5.74) is 0.485. The van der Waals surface area contributed by atoms with E-state index in [2.05, 4.69) is 0 Å². The molecule has 0 fully saturated rings. The number of rotatable bonds is 6. The third-order valence-corrected chi connectivity index (χ3v) is 9.11. The zero-order chi connectivity index (χ0) is 22.2. The smallest absolute Gasteiger partial charge is 0.269 e. The highest BCUT2D eigenvalue weighted by Crippen LogP contribution is 2.45. The number of benzene rings is 3. The second kappa shape index (κ2) is 7.78. The molecule has 3 aromatic carbocycles. The van der Waals surface area contributed by atoms with E-state index in [0.717, 1.165) is 0 Å². The summed E-state index contributed by atoms with van der Waals surface area (Å²) in [6.07, 6.45) is 0. The van der Waals surface area contributed by atoms with E-state index in [0.29, 0.717) is 5.56 Å². The number of sulfone groups is 2. The fraction of sp³-hybridized carbons (Fsp3) is 0.143. The summed E-state index contributed by atoms with van der Waals surface area (Å²) in [4.78, 5) is 10.4. The van der Waals surface area contributed by atoms with Gasteiger partial charge in [0, 0.05) is 17.7 Å². The first kappa shape index (κ1) is 21.0. The van der Waals surface area contributed by atoms with Crippen LogP contribution < -0.4 is 4.74 Å². The van der Waals surface area contributed by atoms with Crippen LogP contribution in [0.1, 0.15) is 16.4 Å². The summed E-state index contributed by atoms with van der Waals surface area (Å²) in [7, 11) is -7.81. The Hall–Kier alpha value is -3.24. The van der Waals surface area contributed by atoms with Crippen molar-refractivity contribution in [3.8, 4) is 5.75 Å². The Balaban J connectivity index is 1.74. The zero-order valence-electron chi connectivity index (χ0n) is 16.0. The second-order valence-corrected chi connectivity index (χ2v) is 11.1. The molecule has 0 saturated carbocycles. The van der Waals surface area contributed by atoms with E-state index in [1.165, 1.54) is 48.5 Å². The summed E-state index contributed by atoms with van der Waals surface area (Å²) < 4.78 is 57.6. The topological polar surface area (TPSA) is 121 Å². The average Bonchev–Trinajstić information content (AvgIpc) is 3.05. The summed E-state index contributed by atoms with van der Waals surface area (Å²) >= 11 is 0. The third-order valence-electron chi connectivity index (χ3n) is 5.02. The first-order chi connectivity index (χ1) is 14.7. The van der Waals surface area contributed by atoms with Gasteiger partial charge in [-0.2, -0.15) is 0 Å². The molecule has 1 unspecified atom stereocenters. The fourth-order valence-electron chi connectivity index (χ4n) is 3.55. The highest BCUT2D eigenvalue weighted by Gasteiger charge is 2.45. The van der Waals surface area contributed by atoms with Gasteiger partial charge in [0.2, 0.25) is 0 Å². The molecule has 0 saturated heterocycles. The minimum Gasteiger partial charge on any atom is -0.489 e. The molecule has 160 valence electrons. The Morgan fingerprint density at radius 1 is 1.00 bits per heavy atom. The van der Waals surface area contributed by atoms with Crippen molar-refractivity contribution >= 4 is 25.4 Å². The second-order valence-electron chi connectivity index (χ2n) is 7.01. The Kier molecular flexibility index (Phi) is 5.28. The summed E-state index contributed by atoms with van der Waals surface area (Å²) in [5, 5.41) is 9.66. The van der Waals surface area contributed by atoms with Crippen molar-refractivity contribution in [1.82, 2.24) is 0 Å². The lowest BCUT2D eigenvalue weighted by Gasteiger charge is -2.16. The lowest BCUT2D eigenvalue weighted by Crippen LogP contribution is -2.16. The van der Waals surface area contributed by atoms with Crippen LogP contribution in [0.4, 0.5) is 5.69 Å². The minimum atomic E-state index is -4.00. The van der Waals surface area contributed by atoms with Crippen LogP contribution >= 0.6 is 0 Å². The van der Waals surface area contributed by atoms with E-state index in [1.807, 2.05) is 0 Å². The van der Waals surface area contributed by atoms with Crippen LogP contribution in [0.3, 0.4) is 0 Å². The van der Waals surface area contributed by atoms with Crippen molar-refractivity contribution in [3.05, 3.63) is 94.0 Å². The molecule has 3 aromatic rings. The molecule has 0 aromatic heterocycles. The number of fused-ring (bicyclic) bond motifs is 1. The molecule has 0 radical (unpaired) electrons. The largest absolute Gasteiger partial charge is 0.489 e. The van der Waals surface area contributed by atoms with Gasteiger partial charge in [0.25, 0.3) is 5.69 Å². The predicted molar refractivity (Wildman–Crippen MR) is 112 cm³/mol. The van der Waals surface area contributed by atoms with Gasteiger partial charge in [-0.3, -0.25) is 10.1 Å². The van der Waals surface area contributed by atoms with Gasteiger partial charge in [-0.05, 0) is 29.8 Å². The highest BCUT2D eigenvalue weighted by molar-refractivity contribution is 7.96. The Morgan fingerprint density at radius 2 is 1.71 bits per heavy atom. The molecule has 1 aliphatic rings. The lowest BCUT2D eigenvalue weighted by atomic mass is 10.1. The molecule has 10 heteroatoms. The van der Waals surface area contributed by atoms with Crippen molar-refractivity contribution in [2.45, 2.75) is 21.6 Å². The van der Waals surface area contributed by atoms with Gasteiger partial charge in [0.15, 0.2) is 19.7 Å². The molecule has 31 heavy (non-hydrogen) atoms. The first-order valence-corrected chi connectivity index (χ1v) is 12.4. The normalized spacial score (nSPS) is 17.1. The van der Waals surface area contributed by atoms with Crippen molar-refractivity contribution < 1.29 is 26.5 Å². The molecule has 0 spiro atoms. The van der Waals surface area contributed by atoms with Crippen molar-refractivity contribution in [2.75, 3.05) is 5.75 Å². The number of hydrogen-bond donors (Lipinski definition) is 0. The molecular weight excluding hydrogens is 442 g/mol. The van der Waals surface area contributed by atoms with Crippen molar-refractivity contribution in [2.24, 2.45) is 0 Å². The summed E-state index contributed by atoms with van der Waals surface area (Å²) in [6.45, 7) is -0.0870. The van der Waals surface area contributed by atoms with E-state index in [9.17, 15) is 26.9 Å². The number of non-ortho nitro benzene ring substituents is 1. The molecule has 0 bridgehead atoms. The molecule has 0 N–H and O–H groups in total. The molecule has 4 rings (SSSR count). The van der Waals surface area contributed by atoms with E-state index in [-0.39, 0.29) is 33.4 Å². The number of ether oxygens (including phenoxy) is 1. The molecular formula is C21H17NO7S2. The average molecular weight is 460 g/mol. The monoisotopic (exact) mass is 459 g/mol. The Morgan fingerprint density at radius 3 is 2.42 bits per heavy atom. The van der Waals surface area contributed by atoms with Crippen LogP contribution in [0.25, 0.3) is 0 Å². The number of nitro benzene ring substituents is 1. The van der Waals surface area contributed by atoms with Crippen molar-refractivity contribution in [1.29, 1.82) is 0 Å². The standard InChI is InChI=1S/C21H17NO7S2/c23-22(24)16-7-4-6-15(12-16)13-29-18-10-5-11-19-21(18)20(14-30(19,25)26)31(27,28)17-8-2-1-3-9-17/h1-12,20H,13-14H2. The van der Waals surface area contributed by atoms with Crippen molar-refractivity contribution in [3.63, 3.8) is 0 Å². The molecule has 0 amide bonds. The van der Waals surface area contributed by atoms with Gasteiger partial charge in [-0.1, -0.05) is 36.4 Å². The van der Waals surface area contributed by atoms with E-state index >= 15 is 0 Å². The Labute approximate surface area is 179 Å². The van der Waals surface area contributed by atoms with E-state index in [4.69, 9.17) is 4.74 Å². The van der Waals surface area contributed by atoms with Crippen LogP contribution in [0, 0.1) is 10.1 Å². The van der Waals surface area contributed by atoms with Crippen LogP contribution in [0.15, 0.2) is 82.6 Å². The van der Waals surface area contributed by atoms with Crippen LogP contribution in [0.2, 0.25) is 0 Å². The lowest BCUT2D eigenvalue weighted by molar-refractivity contribution is -0.384. The van der Waals surface area contributed by atoms with Gasteiger partial charge in [-0.15, -0.1) is 0 Å². The van der Waals surface area contributed by atoms with Gasteiger partial charge in [-0.25, -0.2) is 16.8 Å². The predicted octanol–water partition coefficient (Wildman–Crippen LogP) is 3.48. The van der Waals surface area contributed by atoms with Gasteiger partial charge in [0.1, 0.15) is 17.6 Å². The zero-order valence-corrected chi connectivity index (χ0v) is 17.7. The van der Waals surface area contributed by atoms with E-state index in [1.54, 1.807) is 24.3 Å². The van der Waals surface area contributed by atoms with Crippen LogP contribution in [-0.4, -0.2) is 27.5 Å². The quantitative estimate of drug-likeness (QED) is 0.409. The molecule has 1 aliphatic heterocycles. The van der Waals surface area contributed by atoms with E-state index < -0.39 is 35.6 Å². The summed E-state index contributed by atoms with van der Waals surface area (Å²) in [5.74, 6) is -0.453. The number of nitro groups is 1. The highest BCUT2D eigenvalue weighted by atomic mass is 32.2. The first-order valence-electron chi connectivity index (χ1n) is 9.21. The Bertz CT molecular complexity index is 1370.